The van der Waals surface area contributed by atoms with E-state index in [-0.39, 0.29) is 28.0 Å². The molecule has 5 rings (SSSR count). The van der Waals surface area contributed by atoms with Crippen molar-refractivity contribution in [3.05, 3.63) is 54.1 Å². The van der Waals surface area contributed by atoms with Crippen LogP contribution in [-0.2, 0) is 18.6 Å². The van der Waals surface area contributed by atoms with Crippen LogP contribution >= 0.6 is 19.3 Å². The average molecular weight is 579 g/mol. The fraction of sp³-hybridized carbons (Fsp3) is 0.304. The summed E-state index contributed by atoms with van der Waals surface area (Å²) < 4.78 is 32.1. The molecule has 0 spiro atoms. The van der Waals surface area contributed by atoms with Gasteiger partial charge in [0.05, 0.1) is 6.61 Å². The summed E-state index contributed by atoms with van der Waals surface area (Å²) in [4.78, 5) is 23.5. The van der Waals surface area contributed by atoms with Crippen molar-refractivity contribution in [3.8, 4) is 5.75 Å². The van der Waals surface area contributed by atoms with Crippen LogP contribution in [0.25, 0.3) is 21.9 Å². The summed E-state index contributed by atoms with van der Waals surface area (Å²) in [5.74, 6) is -1.06. The summed E-state index contributed by atoms with van der Waals surface area (Å²) in [6.07, 6.45) is -4.35. The molecule has 14 nitrogen and oxygen atoms in total. The Bertz CT molecular complexity index is 1580. The maximum atomic E-state index is 13.8. The van der Waals surface area contributed by atoms with Crippen LogP contribution < -0.4 is 15.3 Å². The van der Waals surface area contributed by atoms with Gasteiger partial charge in [-0.15, -0.1) is 0 Å². The molecule has 4 aromatic rings. The van der Waals surface area contributed by atoms with Crippen molar-refractivity contribution in [1.29, 1.82) is 0 Å². The molecule has 0 aliphatic carbocycles. The van der Waals surface area contributed by atoms with Gasteiger partial charge in [0.2, 0.25) is 5.28 Å². The van der Waals surface area contributed by atoms with E-state index in [9.17, 15) is 24.7 Å². The second kappa shape index (κ2) is 10.7. The molecule has 2 aromatic carbocycles. The fourth-order valence-corrected chi connectivity index (χ4v) is 5.95. The highest BCUT2D eigenvalue weighted by molar-refractivity contribution is 7.52. The summed E-state index contributed by atoms with van der Waals surface area (Å²) in [5.41, 5.74) is 6.16. The predicted octanol–water partition coefficient (Wildman–Crippen LogP) is 2.10. The smallest absolute Gasteiger partial charge is 0.459 e. The minimum Gasteiger partial charge on any atom is -0.480 e. The molecule has 1 fully saturated rings. The second-order valence-electron chi connectivity index (χ2n) is 8.78. The maximum Gasteiger partial charge on any atom is 0.459 e. The number of aliphatic hydroxyl groups is 2. The van der Waals surface area contributed by atoms with Gasteiger partial charge in [0, 0.05) is 5.39 Å². The van der Waals surface area contributed by atoms with Gasteiger partial charge in [0.15, 0.2) is 23.2 Å². The van der Waals surface area contributed by atoms with E-state index in [4.69, 9.17) is 31.1 Å². The number of imidazole rings is 1. The molecule has 39 heavy (non-hydrogen) atoms. The van der Waals surface area contributed by atoms with E-state index in [0.29, 0.717) is 5.39 Å². The number of rotatable bonds is 9. The summed E-state index contributed by atoms with van der Waals surface area (Å²) in [5, 5.41) is 34.5. The van der Waals surface area contributed by atoms with Gasteiger partial charge < -0.3 is 30.3 Å². The third-order valence-corrected chi connectivity index (χ3v) is 8.05. The van der Waals surface area contributed by atoms with E-state index in [1.54, 1.807) is 24.3 Å². The number of nitrogens with two attached hydrogens (primary N) is 1. The molecule has 0 saturated carbocycles. The molecule has 16 heteroatoms. The Labute approximate surface area is 225 Å². The lowest BCUT2D eigenvalue weighted by atomic mass is 10.1. The first-order chi connectivity index (χ1) is 18.6. The van der Waals surface area contributed by atoms with Gasteiger partial charge in [-0.1, -0.05) is 36.4 Å². The number of nitrogen functional groups attached to an aromatic ring is 1. The molecule has 206 valence electrons. The number of hydrogen-bond acceptors (Lipinski definition) is 11. The number of nitrogens with one attached hydrogen (secondary N) is 1. The normalized spacial score (nSPS) is 23.6. The minimum absolute atomic E-state index is 0.0544. The average Bonchev–Trinajstić information content (AvgIpc) is 3.38. The molecule has 0 unspecified atom stereocenters. The van der Waals surface area contributed by atoms with Crippen LogP contribution in [-0.4, -0.2) is 71.8 Å². The number of aliphatic carboxylic acids is 1. The molecule has 6 N–H and O–H groups in total. The third-order valence-electron chi connectivity index (χ3n) is 6.15. The van der Waals surface area contributed by atoms with Crippen LogP contribution in [0.4, 0.5) is 5.82 Å². The van der Waals surface area contributed by atoms with Crippen LogP contribution in [0.5, 0.6) is 5.75 Å². The highest BCUT2D eigenvalue weighted by Gasteiger charge is 2.46. The van der Waals surface area contributed by atoms with E-state index < -0.39 is 50.9 Å². The van der Waals surface area contributed by atoms with Crippen LogP contribution in [0.2, 0.25) is 5.28 Å². The number of benzene rings is 2. The zero-order valence-corrected chi connectivity index (χ0v) is 21.9. The van der Waals surface area contributed by atoms with Gasteiger partial charge in [-0.2, -0.15) is 5.09 Å². The Balaban J connectivity index is 1.39. The number of ether oxygens (including phenoxy) is 1. The first-order valence-electron chi connectivity index (χ1n) is 11.7. The van der Waals surface area contributed by atoms with E-state index in [0.717, 1.165) is 5.39 Å². The number of anilines is 1. The quantitative estimate of drug-likeness (QED) is 0.143. The van der Waals surface area contributed by atoms with Gasteiger partial charge in [-0.25, -0.2) is 19.5 Å². The van der Waals surface area contributed by atoms with Crippen molar-refractivity contribution in [3.63, 3.8) is 0 Å². The first kappa shape index (κ1) is 27.2. The molecule has 1 saturated heterocycles. The van der Waals surface area contributed by atoms with Gasteiger partial charge in [-0.3, -0.25) is 13.9 Å². The van der Waals surface area contributed by atoms with Crippen molar-refractivity contribution in [2.45, 2.75) is 37.5 Å². The number of aromatic nitrogens is 4. The lowest BCUT2D eigenvalue weighted by molar-refractivity contribution is -0.138. The molecule has 2 aromatic heterocycles. The van der Waals surface area contributed by atoms with E-state index in [1.165, 1.54) is 17.8 Å². The monoisotopic (exact) mass is 578 g/mol. The summed E-state index contributed by atoms with van der Waals surface area (Å²) in [7, 11) is -4.38. The Hall–Kier alpha value is -3.36. The van der Waals surface area contributed by atoms with Crippen molar-refractivity contribution in [2.24, 2.45) is 0 Å². The molecule has 1 aliphatic heterocycles. The molecule has 6 atom stereocenters. The van der Waals surface area contributed by atoms with Gasteiger partial charge >= 0.3 is 13.7 Å². The molecule has 3 heterocycles. The van der Waals surface area contributed by atoms with Gasteiger partial charge in [0.25, 0.3) is 0 Å². The predicted molar refractivity (Wildman–Crippen MR) is 139 cm³/mol. The Morgan fingerprint density at radius 2 is 1.97 bits per heavy atom. The number of halogens is 1. The molecular formula is C23H24ClN6O8P. The third kappa shape index (κ3) is 5.28. The van der Waals surface area contributed by atoms with E-state index >= 15 is 0 Å². The van der Waals surface area contributed by atoms with E-state index in [2.05, 4.69) is 20.0 Å². The highest BCUT2D eigenvalue weighted by atomic mass is 35.5. The lowest BCUT2D eigenvalue weighted by Gasteiger charge is -2.24. The van der Waals surface area contributed by atoms with Gasteiger partial charge in [-0.05, 0) is 30.0 Å². The Kier molecular flexibility index (Phi) is 7.44. The number of fused-ring (bicyclic) bond motifs is 2. The lowest BCUT2D eigenvalue weighted by Crippen LogP contribution is -2.36. The second-order valence-corrected chi connectivity index (χ2v) is 10.8. The number of hydrogen-bond donors (Lipinski definition) is 5. The van der Waals surface area contributed by atoms with Gasteiger partial charge in [0.1, 0.15) is 36.4 Å². The zero-order valence-electron chi connectivity index (χ0n) is 20.3. The molecular weight excluding hydrogens is 555 g/mol. The first-order valence-corrected chi connectivity index (χ1v) is 13.6. The van der Waals surface area contributed by atoms with Crippen molar-refractivity contribution < 1.29 is 38.5 Å². The largest absolute Gasteiger partial charge is 0.480 e. The number of carboxylic acids is 1. The molecule has 1 aliphatic rings. The summed E-state index contributed by atoms with van der Waals surface area (Å²) in [6, 6.07) is 10.9. The van der Waals surface area contributed by atoms with Crippen molar-refractivity contribution >= 4 is 53.1 Å². The number of carboxylic acid groups (broad SMARTS) is 1. The Morgan fingerprint density at radius 3 is 2.74 bits per heavy atom. The Morgan fingerprint density at radius 1 is 1.23 bits per heavy atom. The number of nitrogens with zero attached hydrogens (tertiary/aromatic N) is 4. The molecule has 0 radical (unpaired) electrons. The summed E-state index contributed by atoms with van der Waals surface area (Å²) >= 11 is 6.25. The van der Waals surface area contributed by atoms with Crippen molar-refractivity contribution in [1.82, 2.24) is 24.6 Å². The standard InChI is InChI=1S/C23H24ClN6O8P/c1-11(22(33)34)29-39(35,38-14-8-4-6-12-5-2-3-7-13(12)14)36-9-15-17(31)18(32)21(37-15)30-20-16(28-23(30)24)19(25)26-10-27-20/h2-8,10-11,15,17-18,21,31-32H,9H2,1H3,(H,29,35)(H,33,34)(H2,25,26,27)/t11-,15+,17-,18+,21+,39+/m0/s1. The maximum absolute atomic E-state index is 13.8. The highest BCUT2D eigenvalue weighted by Crippen LogP contribution is 2.47. The van der Waals surface area contributed by atoms with Crippen LogP contribution in [0.3, 0.4) is 0 Å². The summed E-state index contributed by atoms with van der Waals surface area (Å²) in [6.45, 7) is 0.711. The molecule has 0 amide bonds. The van der Waals surface area contributed by atoms with Crippen LogP contribution in [0.15, 0.2) is 48.8 Å². The number of carbonyl (C=O) groups is 1. The molecule has 0 bridgehead atoms. The topological polar surface area (TPSA) is 204 Å². The van der Waals surface area contributed by atoms with Crippen LogP contribution in [0, 0.1) is 0 Å². The fourth-order valence-electron chi connectivity index (χ4n) is 4.16. The van der Waals surface area contributed by atoms with Crippen molar-refractivity contribution in [2.75, 3.05) is 12.3 Å². The van der Waals surface area contributed by atoms with E-state index in [1.807, 2.05) is 18.2 Å². The van der Waals surface area contributed by atoms with Crippen LogP contribution in [0.1, 0.15) is 13.2 Å². The SMILES string of the molecule is C[C@H](N[P@@](=O)(OC[C@H]1O[C@@H](n2c(Cl)nc3c(N)ncnc32)[C@H](O)[C@H]1O)Oc1cccc2ccccc12)C(=O)O. The number of aliphatic hydroxyl groups excluding tert-OH is 2. The zero-order chi connectivity index (χ0) is 27.9. The minimum atomic E-state index is -4.38.